The van der Waals surface area contributed by atoms with Gasteiger partial charge in [-0.15, -0.1) is 0 Å². The Balaban J connectivity index is 2.08. The zero-order valence-corrected chi connectivity index (χ0v) is 12.7. The molecule has 2 atom stereocenters. The first-order valence-electron chi connectivity index (χ1n) is 5.62. The van der Waals surface area contributed by atoms with Crippen LogP contribution in [0.25, 0.3) is 0 Å². The van der Waals surface area contributed by atoms with E-state index in [9.17, 15) is 0 Å². The zero-order valence-electron chi connectivity index (χ0n) is 9.00. The van der Waals surface area contributed by atoms with Crippen molar-refractivity contribution < 1.29 is 0 Å². The van der Waals surface area contributed by atoms with Gasteiger partial charge in [-0.3, -0.25) is 0 Å². The van der Waals surface area contributed by atoms with Crippen LogP contribution in [-0.2, 0) is 0 Å². The Morgan fingerprint density at radius 3 is 1.71 bits per heavy atom. The minimum absolute atomic E-state index is 0.492. The summed E-state index contributed by atoms with van der Waals surface area (Å²) in [5, 5.41) is 0. The number of halogens is 2. The molecule has 0 saturated heterocycles. The molecule has 14 heavy (non-hydrogen) atoms. The molecule has 0 heterocycles. The summed E-state index contributed by atoms with van der Waals surface area (Å²) in [4.78, 5) is 0. The summed E-state index contributed by atoms with van der Waals surface area (Å²) in [6, 6.07) is 0. The molecule has 0 aromatic carbocycles. The van der Waals surface area contributed by atoms with Crippen LogP contribution in [0.5, 0.6) is 0 Å². The quantitative estimate of drug-likeness (QED) is 0.430. The summed E-state index contributed by atoms with van der Waals surface area (Å²) >= 11 is 6.82. The monoisotopic (exact) mass is 368 g/mol. The van der Waals surface area contributed by atoms with Gasteiger partial charge in [-0.1, -0.05) is 52.4 Å². The molecule has 2 heteroatoms. The number of hydrogen-bond donors (Lipinski definition) is 0. The van der Waals surface area contributed by atoms with Crippen LogP contribution in [0.2, 0.25) is 0 Å². The van der Waals surface area contributed by atoms with Gasteiger partial charge >= 0.3 is 0 Å². The molecule has 0 N–H and O–H groups in total. The highest BCUT2D eigenvalue weighted by molar-refractivity contribution is 14.1. The highest BCUT2D eigenvalue weighted by Gasteiger charge is 2.64. The predicted octanol–water partition coefficient (Wildman–Crippen LogP) is 4.69. The molecule has 4 fully saturated rings. The molecule has 4 saturated carbocycles. The SMILES string of the molecule is CC12CC3(C)CC(Br)(C1)CC(I)(C2)C3. The van der Waals surface area contributed by atoms with Crippen molar-refractivity contribution in [2.75, 3.05) is 0 Å². The van der Waals surface area contributed by atoms with Gasteiger partial charge in [0, 0.05) is 7.75 Å². The van der Waals surface area contributed by atoms with Crippen molar-refractivity contribution in [2.45, 2.75) is 60.1 Å². The van der Waals surface area contributed by atoms with E-state index in [1.165, 1.54) is 38.5 Å². The summed E-state index contributed by atoms with van der Waals surface area (Å²) in [6.07, 6.45) is 8.64. The third-order valence-corrected chi connectivity index (χ3v) is 6.45. The van der Waals surface area contributed by atoms with Gasteiger partial charge in [0.05, 0.1) is 0 Å². The Kier molecular flexibility index (Phi) is 1.89. The number of hydrogen-bond acceptors (Lipinski definition) is 0. The molecule has 2 unspecified atom stereocenters. The molecule has 0 aliphatic heterocycles. The second kappa shape index (κ2) is 2.55. The fourth-order valence-corrected chi connectivity index (χ4v) is 10.4. The third kappa shape index (κ3) is 1.42. The zero-order chi connectivity index (χ0) is 10.2. The highest BCUT2D eigenvalue weighted by Crippen LogP contribution is 2.72. The maximum atomic E-state index is 4.06. The first-order valence-corrected chi connectivity index (χ1v) is 7.49. The summed E-state index contributed by atoms with van der Waals surface area (Å²) < 4.78 is 1.10. The Hall–Kier alpha value is 1.21. The van der Waals surface area contributed by atoms with Crippen LogP contribution in [0.1, 0.15) is 52.4 Å². The number of rotatable bonds is 0. The number of alkyl halides is 2. The highest BCUT2D eigenvalue weighted by atomic mass is 127. The van der Waals surface area contributed by atoms with E-state index in [0.717, 1.165) is 0 Å². The largest absolute Gasteiger partial charge is 0.0852 e. The van der Waals surface area contributed by atoms with E-state index in [-0.39, 0.29) is 0 Å². The van der Waals surface area contributed by atoms with Gasteiger partial charge < -0.3 is 0 Å². The Morgan fingerprint density at radius 1 is 0.857 bits per heavy atom. The van der Waals surface area contributed by atoms with E-state index in [4.69, 9.17) is 0 Å². The molecule has 4 rings (SSSR count). The van der Waals surface area contributed by atoms with Crippen LogP contribution >= 0.6 is 38.5 Å². The Labute approximate surface area is 109 Å². The van der Waals surface area contributed by atoms with Gasteiger partial charge in [0.2, 0.25) is 0 Å². The van der Waals surface area contributed by atoms with Crippen LogP contribution in [-0.4, -0.2) is 7.75 Å². The lowest BCUT2D eigenvalue weighted by Crippen LogP contribution is -2.61. The Morgan fingerprint density at radius 2 is 1.36 bits per heavy atom. The summed E-state index contributed by atoms with van der Waals surface area (Å²) in [6.45, 7) is 5.04. The van der Waals surface area contributed by atoms with Crippen LogP contribution in [0.3, 0.4) is 0 Å². The fraction of sp³-hybridized carbons (Fsp3) is 1.00. The lowest BCUT2D eigenvalue weighted by molar-refractivity contribution is -0.0555. The van der Waals surface area contributed by atoms with Crippen LogP contribution in [0.15, 0.2) is 0 Å². The normalized spacial score (nSPS) is 66.0. The summed E-state index contributed by atoms with van der Waals surface area (Å²) in [5.41, 5.74) is 1.27. The van der Waals surface area contributed by atoms with Gasteiger partial charge in [-0.25, -0.2) is 0 Å². The van der Waals surface area contributed by atoms with Gasteiger partial charge in [0.15, 0.2) is 0 Å². The van der Waals surface area contributed by atoms with Crippen LogP contribution in [0, 0.1) is 10.8 Å². The van der Waals surface area contributed by atoms with Gasteiger partial charge in [-0.05, 0) is 49.4 Å². The van der Waals surface area contributed by atoms with Crippen molar-refractivity contribution >= 4 is 38.5 Å². The van der Waals surface area contributed by atoms with Gasteiger partial charge in [0.25, 0.3) is 0 Å². The second-order valence-electron chi connectivity index (χ2n) is 6.98. The average Bonchev–Trinajstić information content (AvgIpc) is 1.67. The van der Waals surface area contributed by atoms with Crippen LogP contribution in [0.4, 0.5) is 0 Å². The van der Waals surface area contributed by atoms with Crippen molar-refractivity contribution in [2.24, 2.45) is 10.8 Å². The maximum Gasteiger partial charge on any atom is 0.0281 e. The topological polar surface area (TPSA) is 0 Å². The van der Waals surface area contributed by atoms with Crippen molar-refractivity contribution in [1.82, 2.24) is 0 Å². The second-order valence-corrected chi connectivity index (χ2v) is 11.0. The minimum atomic E-state index is 0.492. The molecular weight excluding hydrogens is 351 g/mol. The van der Waals surface area contributed by atoms with E-state index in [2.05, 4.69) is 52.4 Å². The molecule has 0 aromatic heterocycles. The fourth-order valence-electron chi connectivity index (χ4n) is 5.41. The van der Waals surface area contributed by atoms with E-state index in [1.807, 2.05) is 0 Å². The van der Waals surface area contributed by atoms with E-state index < -0.39 is 0 Å². The molecule has 80 valence electrons. The molecule has 0 aromatic rings. The lowest BCUT2D eigenvalue weighted by Gasteiger charge is -2.66. The van der Waals surface area contributed by atoms with E-state index >= 15 is 0 Å². The molecule has 0 amide bonds. The van der Waals surface area contributed by atoms with Crippen molar-refractivity contribution in [3.8, 4) is 0 Å². The van der Waals surface area contributed by atoms with Gasteiger partial charge in [-0.2, -0.15) is 0 Å². The van der Waals surface area contributed by atoms with E-state index in [0.29, 0.717) is 18.6 Å². The lowest BCUT2D eigenvalue weighted by atomic mass is 9.45. The maximum absolute atomic E-state index is 4.06. The van der Waals surface area contributed by atoms with Crippen molar-refractivity contribution in [1.29, 1.82) is 0 Å². The van der Waals surface area contributed by atoms with Crippen molar-refractivity contribution in [3.63, 3.8) is 0 Å². The third-order valence-electron chi connectivity index (χ3n) is 4.46. The molecule has 0 nitrogen and oxygen atoms in total. The predicted molar refractivity (Wildman–Crippen MR) is 72.3 cm³/mol. The summed E-state index contributed by atoms with van der Waals surface area (Å²) in [7, 11) is 0. The molecule has 4 bridgehead atoms. The van der Waals surface area contributed by atoms with Gasteiger partial charge in [0.1, 0.15) is 0 Å². The molecule has 0 spiro atoms. The first kappa shape index (κ1) is 10.4. The van der Waals surface area contributed by atoms with Crippen molar-refractivity contribution in [3.05, 3.63) is 0 Å². The molecule has 4 aliphatic carbocycles. The Bertz CT molecular complexity index is 203. The summed E-state index contributed by atoms with van der Waals surface area (Å²) in [5.74, 6) is 0. The average molecular weight is 369 g/mol. The first-order chi connectivity index (χ1) is 6.24. The molecular formula is C12H18BrI. The minimum Gasteiger partial charge on any atom is -0.0852 e. The van der Waals surface area contributed by atoms with E-state index in [1.54, 1.807) is 0 Å². The molecule has 4 aliphatic rings. The standard InChI is InChI=1S/C12H18BrI/c1-9-3-10(2)5-11(13,4-9)8-12(14,6-9)7-10/h3-8H2,1-2H3. The smallest absolute Gasteiger partial charge is 0.0281 e. The molecule has 0 radical (unpaired) electrons. The van der Waals surface area contributed by atoms with Crippen LogP contribution < -0.4 is 0 Å².